The second-order valence-electron chi connectivity index (χ2n) is 5.90. The van der Waals surface area contributed by atoms with Gasteiger partial charge < -0.3 is 10.1 Å². The van der Waals surface area contributed by atoms with Crippen molar-refractivity contribution in [1.82, 2.24) is 10.2 Å². The maximum Gasteiger partial charge on any atom is 0.0707 e. The summed E-state index contributed by atoms with van der Waals surface area (Å²) in [6, 6.07) is 9.03. The summed E-state index contributed by atoms with van der Waals surface area (Å²) in [5, 5.41) is 3.44. The van der Waals surface area contributed by atoms with Crippen LogP contribution in [-0.4, -0.2) is 43.8 Å². The highest BCUT2D eigenvalue weighted by molar-refractivity contribution is 9.10. The molecule has 2 saturated heterocycles. The third-order valence-electron chi connectivity index (χ3n) is 4.45. The number of hydrogen-bond donors (Lipinski definition) is 1. The van der Waals surface area contributed by atoms with Crippen molar-refractivity contribution >= 4 is 15.9 Å². The van der Waals surface area contributed by atoms with Gasteiger partial charge in [-0.3, -0.25) is 4.90 Å². The van der Waals surface area contributed by atoms with E-state index in [1.54, 1.807) is 0 Å². The van der Waals surface area contributed by atoms with E-state index in [0.717, 1.165) is 30.5 Å². The smallest absolute Gasteiger partial charge is 0.0707 e. The molecule has 0 radical (unpaired) electrons. The van der Waals surface area contributed by atoms with Crippen molar-refractivity contribution in [3.63, 3.8) is 0 Å². The fraction of sp³-hybridized carbons (Fsp3) is 0.625. The van der Waals surface area contributed by atoms with Gasteiger partial charge in [-0.1, -0.05) is 28.1 Å². The highest BCUT2D eigenvalue weighted by Gasteiger charge is 2.33. The maximum atomic E-state index is 5.90. The number of hydrogen-bond acceptors (Lipinski definition) is 3. The number of ether oxygens (including phenoxy) is 1. The number of nitrogens with one attached hydrogen (secondary N) is 1. The van der Waals surface area contributed by atoms with Crippen LogP contribution in [0.2, 0.25) is 0 Å². The van der Waals surface area contributed by atoms with Crippen LogP contribution in [0.3, 0.4) is 0 Å². The molecule has 3 nitrogen and oxygen atoms in total. The highest BCUT2D eigenvalue weighted by atomic mass is 79.9. The van der Waals surface area contributed by atoms with Gasteiger partial charge in [-0.15, -0.1) is 0 Å². The summed E-state index contributed by atoms with van der Waals surface area (Å²) in [7, 11) is 2.05. The Bertz CT molecular complexity index is 442. The van der Waals surface area contributed by atoms with Crippen molar-refractivity contribution in [3.8, 4) is 0 Å². The molecule has 2 fully saturated rings. The minimum atomic E-state index is 0.424. The number of benzene rings is 1. The minimum absolute atomic E-state index is 0.424. The van der Waals surface area contributed by atoms with Crippen molar-refractivity contribution in [1.29, 1.82) is 0 Å². The first kappa shape index (κ1) is 14.5. The molecule has 0 spiro atoms. The molecule has 3 rings (SSSR count). The normalized spacial score (nSPS) is 27.7. The summed E-state index contributed by atoms with van der Waals surface area (Å²) in [5.41, 5.74) is 1.36. The fourth-order valence-corrected chi connectivity index (χ4v) is 3.81. The molecular weight excluding hydrogens is 316 g/mol. The quantitative estimate of drug-likeness (QED) is 0.893. The summed E-state index contributed by atoms with van der Waals surface area (Å²) < 4.78 is 7.05. The van der Waals surface area contributed by atoms with Crippen molar-refractivity contribution in [2.45, 2.75) is 37.5 Å². The van der Waals surface area contributed by atoms with Crippen LogP contribution in [0.1, 0.15) is 30.9 Å². The van der Waals surface area contributed by atoms with Crippen LogP contribution in [0.15, 0.2) is 28.7 Å². The van der Waals surface area contributed by atoms with Gasteiger partial charge in [-0.2, -0.15) is 0 Å². The van der Waals surface area contributed by atoms with Crippen LogP contribution in [-0.2, 0) is 4.74 Å². The Kier molecular flexibility index (Phi) is 4.76. The average Bonchev–Trinajstić information content (AvgIpc) is 2.79. The van der Waals surface area contributed by atoms with Crippen molar-refractivity contribution < 1.29 is 4.74 Å². The summed E-state index contributed by atoms with van der Waals surface area (Å²) in [4.78, 5) is 2.58. The molecule has 20 heavy (non-hydrogen) atoms. The highest BCUT2D eigenvalue weighted by Crippen LogP contribution is 2.27. The third-order valence-corrected chi connectivity index (χ3v) is 4.95. The first-order valence-electron chi connectivity index (χ1n) is 7.55. The van der Waals surface area contributed by atoms with E-state index in [1.165, 1.54) is 18.4 Å². The van der Waals surface area contributed by atoms with Gasteiger partial charge in [0.1, 0.15) is 0 Å². The monoisotopic (exact) mass is 338 g/mol. The topological polar surface area (TPSA) is 24.5 Å². The molecule has 110 valence electrons. The van der Waals surface area contributed by atoms with Gasteiger partial charge in [0.05, 0.1) is 12.2 Å². The predicted octanol–water partition coefficient (Wildman–Crippen LogP) is 2.96. The minimum Gasteiger partial charge on any atom is -0.372 e. The number of halogens is 1. The molecule has 2 bridgehead atoms. The second-order valence-corrected chi connectivity index (χ2v) is 6.82. The van der Waals surface area contributed by atoms with Crippen molar-refractivity contribution in [2.75, 3.05) is 26.7 Å². The van der Waals surface area contributed by atoms with Gasteiger partial charge in [-0.25, -0.2) is 0 Å². The van der Waals surface area contributed by atoms with Crippen LogP contribution in [0.5, 0.6) is 0 Å². The zero-order valence-electron chi connectivity index (χ0n) is 12.0. The SMILES string of the molecule is CNC(CCN1CC2CCC(C1)O2)c1cccc(Br)c1. The van der Waals surface area contributed by atoms with Gasteiger partial charge in [0, 0.05) is 30.1 Å². The Morgan fingerprint density at radius 2 is 2.10 bits per heavy atom. The summed E-state index contributed by atoms with van der Waals surface area (Å²) in [6.07, 6.45) is 4.64. The molecule has 4 heteroatoms. The molecule has 1 aromatic carbocycles. The molecule has 1 N–H and O–H groups in total. The second kappa shape index (κ2) is 6.56. The molecule has 2 heterocycles. The summed E-state index contributed by atoms with van der Waals surface area (Å²) >= 11 is 3.56. The number of morpholine rings is 1. The summed E-state index contributed by atoms with van der Waals surface area (Å²) in [6.45, 7) is 3.38. The lowest BCUT2D eigenvalue weighted by atomic mass is 10.0. The molecule has 0 aliphatic carbocycles. The van der Waals surface area contributed by atoms with Crippen LogP contribution < -0.4 is 5.32 Å². The van der Waals surface area contributed by atoms with E-state index in [2.05, 4.69) is 57.5 Å². The van der Waals surface area contributed by atoms with E-state index >= 15 is 0 Å². The van der Waals surface area contributed by atoms with E-state index in [4.69, 9.17) is 4.74 Å². The lowest BCUT2D eigenvalue weighted by molar-refractivity contribution is -0.0390. The van der Waals surface area contributed by atoms with E-state index in [1.807, 2.05) is 0 Å². The molecule has 0 saturated carbocycles. The van der Waals surface area contributed by atoms with Crippen LogP contribution in [0, 0.1) is 0 Å². The molecular formula is C16H23BrN2O. The Labute approximate surface area is 129 Å². The van der Waals surface area contributed by atoms with Gasteiger partial charge in [0.2, 0.25) is 0 Å². The van der Waals surface area contributed by atoms with E-state index in [9.17, 15) is 0 Å². The first-order chi connectivity index (χ1) is 9.74. The van der Waals surface area contributed by atoms with Gasteiger partial charge >= 0.3 is 0 Å². The van der Waals surface area contributed by atoms with E-state index in [0.29, 0.717) is 18.2 Å². The lowest BCUT2D eigenvalue weighted by Crippen LogP contribution is -2.43. The van der Waals surface area contributed by atoms with Gasteiger partial charge in [0.25, 0.3) is 0 Å². The molecule has 0 amide bonds. The molecule has 1 aromatic rings. The van der Waals surface area contributed by atoms with Crippen LogP contribution in [0.25, 0.3) is 0 Å². The largest absolute Gasteiger partial charge is 0.372 e. The standard InChI is InChI=1S/C16H23BrN2O/c1-18-16(12-3-2-4-13(17)9-12)7-8-19-10-14-5-6-15(11-19)20-14/h2-4,9,14-16,18H,5-8,10-11H2,1H3. The Morgan fingerprint density at radius 3 is 2.75 bits per heavy atom. The Balaban J connectivity index is 1.56. The van der Waals surface area contributed by atoms with Crippen LogP contribution >= 0.6 is 15.9 Å². The van der Waals surface area contributed by atoms with E-state index < -0.39 is 0 Å². The lowest BCUT2D eigenvalue weighted by Gasteiger charge is -2.33. The number of rotatable bonds is 5. The number of nitrogens with zero attached hydrogens (tertiary/aromatic N) is 1. The molecule has 2 aliphatic heterocycles. The third kappa shape index (κ3) is 3.42. The van der Waals surface area contributed by atoms with Gasteiger partial charge in [-0.05, 0) is 44.0 Å². The average molecular weight is 339 g/mol. The van der Waals surface area contributed by atoms with Crippen LogP contribution in [0.4, 0.5) is 0 Å². The predicted molar refractivity (Wildman–Crippen MR) is 84.9 cm³/mol. The molecule has 0 aromatic heterocycles. The Hall–Kier alpha value is -0.420. The maximum absolute atomic E-state index is 5.90. The zero-order valence-corrected chi connectivity index (χ0v) is 13.6. The molecule has 2 aliphatic rings. The van der Waals surface area contributed by atoms with Crippen molar-refractivity contribution in [3.05, 3.63) is 34.3 Å². The first-order valence-corrected chi connectivity index (χ1v) is 8.34. The van der Waals surface area contributed by atoms with Crippen molar-refractivity contribution in [2.24, 2.45) is 0 Å². The number of fused-ring (bicyclic) bond motifs is 2. The summed E-state index contributed by atoms with van der Waals surface area (Å²) in [5.74, 6) is 0. The molecule has 3 unspecified atom stereocenters. The number of likely N-dealkylation sites (tertiary alicyclic amines) is 1. The molecule has 3 atom stereocenters. The zero-order chi connectivity index (χ0) is 13.9. The fourth-order valence-electron chi connectivity index (χ4n) is 3.39. The van der Waals surface area contributed by atoms with Gasteiger partial charge in [0.15, 0.2) is 0 Å². The van der Waals surface area contributed by atoms with E-state index in [-0.39, 0.29) is 0 Å². The Morgan fingerprint density at radius 1 is 1.35 bits per heavy atom.